The largest absolute Gasteiger partial charge is 0.346 e. The molecule has 0 radical (unpaired) electrons. The SMILES string of the molecule is CCN(c1ccc(C(=O)NC(C)c2ccc(C)cc2C)cc1)S(=O)(=O)c1ccc(SC)cc1. The molecule has 0 saturated carbocycles. The number of carbonyl (C=O) groups excluding carboxylic acids is 1. The molecule has 33 heavy (non-hydrogen) atoms. The summed E-state index contributed by atoms with van der Waals surface area (Å²) < 4.78 is 27.7. The quantitative estimate of drug-likeness (QED) is 0.416. The summed E-state index contributed by atoms with van der Waals surface area (Å²) in [5.74, 6) is -0.201. The van der Waals surface area contributed by atoms with Crippen molar-refractivity contribution in [1.82, 2.24) is 5.32 Å². The van der Waals surface area contributed by atoms with Gasteiger partial charge in [0.15, 0.2) is 0 Å². The summed E-state index contributed by atoms with van der Waals surface area (Å²) in [5.41, 5.74) is 4.38. The minimum Gasteiger partial charge on any atom is -0.346 e. The van der Waals surface area contributed by atoms with Crippen LogP contribution in [0.1, 0.15) is 46.9 Å². The molecule has 1 N–H and O–H groups in total. The van der Waals surface area contributed by atoms with Crippen molar-refractivity contribution in [1.29, 1.82) is 0 Å². The number of thioether (sulfide) groups is 1. The molecule has 3 rings (SSSR count). The van der Waals surface area contributed by atoms with E-state index < -0.39 is 10.0 Å². The van der Waals surface area contributed by atoms with Gasteiger partial charge in [-0.3, -0.25) is 9.10 Å². The minimum atomic E-state index is -3.70. The van der Waals surface area contributed by atoms with Crippen LogP contribution in [0, 0.1) is 13.8 Å². The molecule has 0 aliphatic carbocycles. The van der Waals surface area contributed by atoms with Crippen molar-refractivity contribution in [3.8, 4) is 0 Å². The Hall–Kier alpha value is -2.77. The second-order valence-corrected chi connectivity index (χ2v) is 10.7. The maximum atomic E-state index is 13.2. The number of anilines is 1. The Morgan fingerprint density at radius 2 is 1.64 bits per heavy atom. The summed E-state index contributed by atoms with van der Waals surface area (Å²) >= 11 is 1.56. The Balaban J connectivity index is 1.77. The van der Waals surface area contributed by atoms with Gasteiger partial charge >= 0.3 is 0 Å². The lowest BCUT2D eigenvalue weighted by atomic mass is 10.00. The monoisotopic (exact) mass is 482 g/mol. The molecule has 0 saturated heterocycles. The molecular formula is C26H30N2O3S2. The molecular weight excluding hydrogens is 452 g/mol. The second kappa shape index (κ2) is 10.4. The molecule has 0 heterocycles. The molecule has 3 aromatic carbocycles. The molecule has 0 fully saturated rings. The number of hydrogen-bond donors (Lipinski definition) is 1. The number of amides is 1. The Labute approximate surface area is 201 Å². The lowest BCUT2D eigenvalue weighted by molar-refractivity contribution is 0.0940. The van der Waals surface area contributed by atoms with Crippen LogP contribution < -0.4 is 9.62 Å². The highest BCUT2D eigenvalue weighted by Gasteiger charge is 2.24. The first-order chi connectivity index (χ1) is 15.7. The second-order valence-electron chi connectivity index (χ2n) is 7.95. The van der Waals surface area contributed by atoms with Crippen molar-refractivity contribution < 1.29 is 13.2 Å². The van der Waals surface area contributed by atoms with E-state index in [2.05, 4.69) is 11.4 Å². The van der Waals surface area contributed by atoms with Gasteiger partial charge in [-0.2, -0.15) is 0 Å². The third-order valence-corrected chi connectivity index (χ3v) is 8.25. The number of benzene rings is 3. The van der Waals surface area contributed by atoms with Crippen molar-refractivity contribution in [2.24, 2.45) is 0 Å². The van der Waals surface area contributed by atoms with Crippen molar-refractivity contribution in [3.05, 3.63) is 89.0 Å². The number of nitrogens with one attached hydrogen (secondary N) is 1. The van der Waals surface area contributed by atoms with E-state index in [1.165, 1.54) is 9.87 Å². The molecule has 1 unspecified atom stereocenters. The van der Waals surface area contributed by atoms with Crippen LogP contribution in [0.4, 0.5) is 5.69 Å². The number of nitrogens with zero attached hydrogens (tertiary/aromatic N) is 1. The average Bonchev–Trinajstić information content (AvgIpc) is 2.79. The molecule has 3 aromatic rings. The van der Waals surface area contributed by atoms with Crippen LogP contribution in [0.3, 0.4) is 0 Å². The highest BCUT2D eigenvalue weighted by Crippen LogP contribution is 2.26. The number of rotatable bonds is 8. The van der Waals surface area contributed by atoms with Gasteiger partial charge in [-0.1, -0.05) is 23.8 Å². The zero-order valence-corrected chi connectivity index (χ0v) is 21.3. The molecule has 1 atom stereocenters. The van der Waals surface area contributed by atoms with E-state index in [1.54, 1.807) is 67.2 Å². The molecule has 7 heteroatoms. The van der Waals surface area contributed by atoms with Gasteiger partial charge in [0.25, 0.3) is 15.9 Å². The Bertz CT molecular complexity index is 1220. The zero-order chi connectivity index (χ0) is 24.2. The zero-order valence-electron chi connectivity index (χ0n) is 19.6. The van der Waals surface area contributed by atoms with Gasteiger partial charge in [-0.15, -0.1) is 11.8 Å². The molecule has 0 aliphatic heterocycles. The first kappa shape index (κ1) is 24.9. The molecule has 0 aromatic heterocycles. The van der Waals surface area contributed by atoms with Crippen LogP contribution in [-0.2, 0) is 10.0 Å². The standard InChI is InChI=1S/C26H30N2O3S2/c1-6-28(33(30,31)24-14-12-23(32-5)13-15-24)22-10-8-21(9-11-22)26(29)27-20(4)25-16-7-18(2)17-19(25)3/h7-17,20H,6H2,1-5H3,(H,27,29). The van der Waals surface area contributed by atoms with E-state index in [1.807, 2.05) is 39.2 Å². The predicted octanol–water partition coefficient (Wildman–Crippen LogP) is 5.73. The molecule has 1 amide bonds. The van der Waals surface area contributed by atoms with E-state index in [4.69, 9.17) is 0 Å². The van der Waals surface area contributed by atoms with E-state index in [9.17, 15) is 13.2 Å². The van der Waals surface area contributed by atoms with E-state index in [-0.39, 0.29) is 23.4 Å². The number of sulfonamides is 1. The summed E-state index contributed by atoms with van der Waals surface area (Å²) in [7, 11) is -3.70. The highest BCUT2D eigenvalue weighted by atomic mass is 32.2. The van der Waals surface area contributed by atoms with Crippen LogP contribution >= 0.6 is 11.8 Å². The molecule has 0 bridgehead atoms. The van der Waals surface area contributed by atoms with Gasteiger partial charge < -0.3 is 5.32 Å². The van der Waals surface area contributed by atoms with Gasteiger partial charge in [-0.25, -0.2) is 8.42 Å². The van der Waals surface area contributed by atoms with Crippen molar-refractivity contribution in [2.45, 2.75) is 43.5 Å². The maximum Gasteiger partial charge on any atom is 0.264 e. The lowest BCUT2D eigenvalue weighted by Crippen LogP contribution is -2.31. The third-order valence-electron chi connectivity index (χ3n) is 5.59. The summed E-state index contributed by atoms with van der Waals surface area (Å²) in [4.78, 5) is 14.0. The minimum absolute atomic E-state index is 0.144. The smallest absolute Gasteiger partial charge is 0.264 e. The first-order valence-corrected chi connectivity index (χ1v) is 13.5. The molecule has 0 spiro atoms. The topological polar surface area (TPSA) is 66.5 Å². The summed E-state index contributed by atoms with van der Waals surface area (Å²) in [5, 5.41) is 3.03. The summed E-state index contributed by atoms with van der Waals surface area (Å²) in [6, 6.07) is 19.6. The fourth-order valence-corrected chi connectivity index (χ4v) is 5.70. The van der Waals surface area contributed by atoms with Crippen molar-refractivity contribution in [2.75, 3.05) is 17.1 Å². The average molecular weight is 483 g/mol. The van der Waals surface area contributed by atoms with Gasteiger partial charge in [0, 0.05) is 17.0 Å². The highest BCUT2D eigenvalue weighted by molar-refractivity contribution is 7.98. The van der Waals surface area contributed by atoms with Gasteiger partial charge in [0.2, 0.25) is 0 Å². The number of carbonyl (C=O) groups is 1. The molecule has 174 valence electrons. The van der Waals surface area contributed by atoms with E-state index >= 15 is 0 Å². The van der Waals surface area contributed by atoms with E-state index in [0.717, 1.165) is 16.0 Å². The van der Waals surface area contributed by atoms with Gasteiger partial charge in [-0.05, 0) is 93.6 Å². The summed E-state index contributed by atoms with van der Waals surface area (Å²) in [6.45, 7) is 8.11. The van der Waals surface area contributed by atoms with Crippen molar-refractivity contribution in [3.63, 3.8) is 0 Å². The Morgan fingerprint density at radius 1 is 1.00 bits per heavy atom. The number of hydrogen-bond acceptors (Lipinski definition) is 4. The van der Waals surface area contributed by atoms with Crippen molar-refractivity contribution >= 4 is 33.4 Å². The fraction of sp³-hybridized carbons (Fsp3) is 0.269. The van der Waals surface area contributed by atoms with Crippen LogP contribution in [0.25, 0.3) is 0 Å². The van der Waals surface area contributed by atoms with Crippen LogP contribution in [0.5, 0.6) is 0 Å². The van der Waals surface area contributed by atoms with E-state index in [0.29, 0.717) is 11.3 Å². The molecule has 0 aliphatic rings. The summed E-state index contributed by atoms with van der Waals surface area (Å²) in [6.07, 6.45) is 1.95. The third kappa shape index (κ3) is 5.60. The molecule has 5 nitrogen and oxygen atoms in total. The Kier molecular flexibility index (Phi) is 7.87. The van der Waals surface area contributed by atoms with Crippen LogP contribution in [0.15, 0.2) is 76.5 Å². The van der Waals surface area contributed by atoms with Gasteiger partial charge in [0.1, 0.15) is 0 Å². The first-order valence-electron chi connectivity index (χ1n) is 10.8. The van der Waals surface area contributed by atoms with Gasteiger partial charge in [0.05, 0.1) is 16.6 Å². The predicted molar refractivity (Wildman–Crippen MR) is 137 cm³/mol. The fourth-order valence-electron chi connectivity index (χ4n) is 3.81. The lowest BCUT2D eigenvalue weighted by Gasteiger charge is -2.23. The maximum absolute atomic E-state index is 13.2. The Morgan fingerprint density at radius 3 is 2.18 bits per heavy atom. The number of aryl methyl sites for hydroxylation is 2. The normalized spacial score (nSPS) is 12.3. The van der Waals surface area contributed by atoms with Crippen LogP contribution in [-0.4, -0.2) is 27.1 Å². The van der Waals surface area contributed by atoms with Crippen LogP contribution in [0.2, 0.25) is 0 Å².